The van der Waals surface area contributed by atoms with Crippen molar-refractivity contribution in [2.24, 2.45) is 0 Å². The van der Waals surface area contributed by atoms with E-state index in [4.69, 9.17) is 16.3 Å². The maximum absolute atomic E-state index is 12.6. The van der Waals surface area contributed by atoms with Crippen molar-refractivity contribution in [3.8, 4) is 5.75 Å². The lowest BCUT2D eigenvalue weighted by molar-refractivity contribution is 0.394. The molecule has 1 aromatic carbocycles. The van der Waals surface area contributed by atoms with E-state index in [-0.39, 0.29) is 23.7 Å². The van der Waals surface area contributed by atoms with Crippen LogP contribution in [0.15, 0.2) is 23.1 Å². The number of sulfonamides is 1. The highest BCUT2D eigenvalue weighted by Gasteiger charge is 2.30. The lowest BCUT2D eigenvalue weighted by atomic mass is 10.2. The molecule has 0 spiro atoms. The standard InChI is InChI=1S/C12H16ClNO4S2/c1-18-11-8-10(9-13)2-3-12(11)20(16,17)14-4-6-19(15)7-5-14/h2-3,8H,4-7,9H2,1H3. The summed E-state index contributed by atoms with van der Waals surface area (Å²) in [5, 5.41) is 0. The molecule has 20 heavy (non-hydrogen) atoms. The van der Waals surface area contributed by atoms with Gasteiger partial charge in [0.1, 0.15) is 10.6 Å². The molecule has 0 radical (unpaired) electrons. The number of methoxy groups -OCH3 is 1. The summed E-state index contributed by atoms with van der Waals surface area (Å²) in [7, 11) is -3.11. The maximum Gasteiger partial charge on any atom is 0.246 e. The van der Waals surface area contributed by atoms with Gasteiger partial charge in [0.15, 0.2) is 0 Å². The number of alkyl halides is 1. The zero-order valence-electron chi connectivity index (χ0n) is 11.0. The van der Waals surface area contributed by atoms with Crippen molar-refractivity contribution in [1.82, 2.24) is 4.31 Å². The van der Waals surface area contributed by atoms with Crippen molar-refractivity contribution in [3.05, 3.63) is 23.8 Å². The molecule has 1 aromatic rings. The average molecular weight is 338 g/mol. The first-order chi connectivity index (χ1) is 9.48. The molecule has 1 fully saturated rings. The SMILES string of the molecule is COc1cc(CCl)ccc1S(=O)(=O)N1CCS(=O)CC1. The predicted molar refractivity (Wildman–Crippen MR) is 79.2 cm³/mol. The molecular formula is C12H16ClNO4S2. The second kappa shape index (κ2) is 6.43. The Morgan fingerprint density at radius 1 is 1.35 bits per heavy atom. The number of hydrogen-bond acceptors (Lipinski definition) is 4. The minimum Gasteiger partial charge on any atom is -0.495 e. The van der Waals surface area contributed by atoms with Gasteiger partial charge in [-0.2, -0.15) is 4.31 Å². The third-order valence-corrected chi connectivity index (χ3v) is 6.66. The molecule has 0 bridgehead atoms. The first-order valence-electron chi connectivity index (χ1n) is 6.07. The summed E-state index contributed by atoms with van der Waals surface area (Å²) in [6.07, 6.45) is 0. The first-order valence-corrected chi connectivity index (χ1v) is 9.53. The van der Waals surface area contributed by atoms with Crippen molar-refractivity contribution in [3.63, 3.8) is 0 Å². The van der Waals surface area contributed by atoms with E-state index in [0.717, 1.165) is 5.56 Å². The highest BCUT2D eigenvalue weighted by atomic mass is 35.5. The molecule has 2 rings (SSSR count). The summed E-state index contributed by atoms with van der Waals surface area (Å²) in [6, 6.07) is 4.81. The molecule has 1 heterocycles. The van der Waals surface area contributed by atoms with Gasteiger partial charge in [0.2, 0.25) is 10.0 Å². The summed E-state index contributed by atoms with van der Waals surface area (Å²) in [5.41, 5.74) is 0.794. The van der Waals surface area contributed by atoms with E-state index in [1.54, 1.807) is 12.1 Å². The Bertz CT molecular complexity index is 608. The molecule has 112 valence electrons. The van der Waals surface area contributed by atoms with Crippen LogP contribution in [-0.2, 0) is 26.7 Å². The van der Waals surface area contributed by atoms with Gasteiger partial charge in [0.05, 0.1) is 7.11 Å². The number of hydrogen-bond donors (Lipinski definition) is 0. The lowest BCUT2D eigenvalue weighted by Crippen LogP contribution is -2.41. The molecule has 0 N–H and O–H groups in total. The van der Waals surface area contributed by atoms with Crippen LogP contribution in [0.25, 0.3) is 0 Å². The first kappa shape index (κ1) is 15.8. The maximum atomic E-state index is 12.6. The van der Waals surface area contributed by atoms with Crippen molar-refractivity contribution >= 4 is 32.4 Å². The minimum atomic E-state index is -3.62. The summed E-state index contributed by atoms with van der Waals surface area (Å²) < 4.78 is 43.0. The lowest BCUT2D eigenvalue weighted by Gasteiger charge is -2.26. The smallest absolute Gasteiger partial charge is 0.246 e. The van der Waals surface area contributed by atoms with E-state index in [9.17, 15) is 12.6 Å². The fraction of sp³-hybridized carbons (Fsp3) is 0.500. The second-order valence-corrected chi connectivity index (χ2v) is 8.24. The zero-order chi connectivity index (χ0) is 14.8. The van der Waals surface area contributed by atoms with Crippen LogP contribution in [0.4, 0.5) is 0 Å². The Morgan fingerprint density at radius 2 is 2.00 bits per heavy atom. The van der Waals surface area contributed by atoms with Crippen molar-refractivity contribution in [1.29, 1.82) is 0 Å². The van der Waals surface area contributed by atoms with E-state index in [2.05, 4.69) is 0 Å². The van der Waals surface area contributed by atoms with Gasteiger partial charge in [0.25, 0.3) is 0 Å². The van der Waals surface area contributed by atoms with Gasteiger partial charge >= 0.3 is 0 Å². The number of rotatable bonds is 4. The van der Waals surface area contributed by atoms with Crippen LogP contribution in [0, 0.1) is 0 Å². The highest BCUT2D eigenvalue weighted by Crippen LogP contribution is 2.28. The summed E-state index contributed by atoms with van der Waals surface area (Å²) in [5.74, 6) is 1.33. The number of halogens is 1. The Morgan fingerprint density at radius 3 is 2.55 bits per heavy atom. The topological polar surface area (TPSA) is 63.7 Å². The quantitative estimate of drug-likeness (QED) is 0.774. The normalized spacial score (nSPS) is 18.1. The van der Waals surface area contributed by atoms with E-state index >= 15 is 0 Å². The van der Waals surface area contributed by atoms with Crippen LogP contribution in [0.5, 0.6) is 5.75 Å². The minimum absolute atomic E-state index is 0.126. The molecule has 0 aromatic heterocycles. The average Bonchev–Trinajstić information content (AvgIpc) is 2.46. The largest absolute Gasteiger partial charge is 0.495 e. The van der Waals surface area contributed by atoms with Crippen LogP contribution >= 0.6 is 11.6 Å². The Labute approximate surface area is 126 Å². The van der Waals surface area contributed by atoms with Gasteiger partial charge in [-0.25, -0.2) is 8.42 Å². The molecular weight excluding hydrogens is 322 g/mol. The summed E-state index contributed by atoms with van der Waals surface area (Å²) >= 11 is 5.74. The monoisotopic (exact) mass is 337 g/mol. The number of nitrogens with zero attached hydrogens (tertiary/aromatic N) is 1. The van der Waals surface area contributed by atoms with Crippen molar-refractivity contribution < 1.29 is 17.4 Å². The molecule has 0 atom stereocenters. The van der Waals surface area contributed by atoms with Gasteiger partial charge in [-0.3, -0.25) is 4.21 Å². The fourth-order valence-electron chi connectivity index (χ4n) is 2.01. The summed E-state index contributed by atoms with van der Waals surface area (Å²) in [6.45, 7) is 0.546. The van der Waals surface area contributed by atoms with E-state index in [1.807, 2.05) is 0 Å². The van der Waals surface area contributed by atoms with Crippen LogP contribution in [0.2, 0.25) is 0 Å². The van der Waals surface area contributed by atoms with Gasteiger partial charge < -0.3 is 4.74 Å². The third kappa shape index (κ3) is 3.16. The molecule has 0 unspecified atom stereocenters. The molecule has 5 nitrogen and oxygen atoms in total. The molecule has 0 amide bonds. The predicted octanol–water partition coefficient (Wildman–Crippen LogP) is 1.19. The highest BCUT2D eigenvalue weighted by molar-refractivity contribution is 7.89. The molecule has 0 aliphatic carbocycles. The van der Waals surface area contributed by atoms with E-state index in [1.165, 1.54) is 17.5 Å². The molecule has 0 saturated carbocycles. The second-order valence-electron chi connectivity index (χ2n) is 4.37. The summed E-state index contributed by atoms with van der Waals surface area (Å²) in [4.78, 5) is 0.126. The van der Waals surface area contributed by atoms with Crippen molar-refractivity contribution in [2.45, 2.75) is 10.8 Å². The molecule has 1 aliphatic rings. The van der Waals surface area contributed by atoms with Gasteiger partial charge in [0, 0.05) is 41.3 Å². The fourth-order valence-corrected chi connectivity index (χ4v) is 5.04. The van der Waals surface area contributed by atoms with Gasteiger partial charge in [-0.1, -0.05) is 6.07 Å². The number of benzene rings is 1. The van der Waals surface area contributed by atoms with Crippen LogP contribution in [0.1, 0.15) is 5.56 Å². The van der Waals surface area contributed by atoms with Gasteiger partial charge in [-0.05, 0) is 17.7 Å². The Balaban J connectivity index is 2.36. The Kier molecular flexibility index (Phi) is 5.06. The molecule has 1 aliphatic heterocycles. The van der Waals surface area contributed by atoms with Crippen LogP contribution in [-0.4, -0.2) is 48.6 Å². The zero-order valence-corrected chi connectivity index (χ0v) is 13.4. The van der Waals surface area contributed by atoms with Crippen LogP contribution < -0.4 is 4.74 Å². The van der Waals surface area contributed by atoms with Crippen molar-refractivity contribution in [2.75, 3.05) is 31.7 Å². The molecule has 8 heteroatoms. The van der Waals surface area contributed by atoms with E-state index < -0.39 is 20.8 Å². The third-order valence-electron chi connectivity index (χ3n) is 3.14. The number of ether oxygens (including phenoxy) is 1. The van der Waals surface area contributed by atoms with Gasteiger partial charge in [-0.15, -0.1) is 11.6 Å². The Hall–Kier alpha value is -0.630. The van der Waals surface area contributed by atoms with E-state index in [0.29, 0.717) is 17.4 Å². The van der Waals surface area contributed by atoms with Crippen LogP contribution in [0.3, 0.4) is 0 Å². The molecule has 1 saturated heterocycles.